The monoisotopic (exact) mass is 406 g/mol. The fourth-order valence-corrected chi connectivity index (χ4v) is 2.66. The number of benzene rings is 2. The molecule has 6 N–H and O–H groups in total. The first-order valence-electron chi connectivity index (χ1n) is 9.55. The number of azo groups is 1. The Labute approximate surface area is 175 Å². The minimum atomic E-state index is 0.183. The molecular formula is C20H26N10. The summed E-state index contributed by atoms with van der Waals surface area (Å²) >= 11 is 0. The van der Waals surface area contributed by atoms with Crippen LogP contribution in [0.3, 0.4) is 0 Å². The van der Waals surface area contributed by atoms with Crippen LogP contribution in [0.25, 0.3) is 0 Å². The molecule has 3 rings (SSSR count). The van der Waals surface area contributed by atoms with Gasteiger partial charge in [-0.15, -0.1) is 0 Å². The lowest BCUT2D eigenvalue weighted by Gasteiger charge is -2.19. The highest BCUT2D eigenvalue weighted by atomic mass is 15.2. The average Bonchev–Trinajstić information content (AvgIpc) is 2.76. The lowest BCUT2D eigenvalue weighted by molar-refractivity contribution is 0.810. The summed E-state index contributed by atoms with van der Waals surface area (Å²) in [6, 6.07) is 15.2. The number of nitrogens with zero attached hydrogens (tertiary/aromatic N) is 6. The molecule has 2 aromatic carbocycles. The van der Waals surface area contributed by atoms with E-state index in [-0.39, 0.29) is 5.95 Å². The summed E-state index contributed by atoms with van der Waals surface area (Å²) < 4.78 is 0. The molecule has 0 aliphatic rings. The van der Waals surface area contributed by atoms with Crippen molar-refractivity contribution in [2.24, 2.45) is 10.2 Å². The summed E-state index contributed by atoms with van der Waals surface area (Å²) in [5, 5.41) is 14.5. The van der Waals surface area contributed by atoms with E-state index in [4.69, 9.17) is 11.5 Å². The van der Waals surface area contributed by atoms with Gasteiger partial charge in [-0.25, -0.2) is 0 Å². The second kappa shape index (κ2) is 10.0. The summed E-state index contributed by atoms with van der Waals surface area (Å²) in [5.74, 6) is 1.09. The molecule has 156 valence electrons. The van der Waals surface area contributed by atoms with Crippen LogP contribution in [0.2, 0.25) is 0 Å². The van der Waals surface area contributed by atoms with Crippen LogP contribution >= 0.6 is 0 Å². The Kier molecular flexibility index (Phi) is 6.93. The molecule has 0 unspecified atom stereocenters. The zero-order chi connectivity index (χ0) is 21.3. The Balaban J connectivity index is 1.47. The highest BCUT2D eigenvalue weighted by molar-refractivity contribution is 5.53. The van der Waals surface area contributed by atoms with Crippen molar-refractivity contribution >= 4 is 40.6 Å². The zero-order valence-electron chi connectivity index (χ0n) is 17.1. The molecule has 0 fully saturated rings. The number of aromatic nitrogens is 3. The molecule has 0 saturated heterocycles. The van der Waals surface area contributed by atoms with Crippen molar-refractivity contribution in [3.05, 3.63) is 48.5 Å². The van der Waals surface area contributed by atoms with Gasteiger partial charge in [0.15, 0.2) is 0 Å². The van der Waals surface area contributed by atoms with E-state index in [2.05, 4.69) is 40.7 Å². The second-order valence-electron chi connectivity index (χ2n) is 6.60. The maximum atomic E-state index is 5.67. The summed E-state index contributed by atoms with van der Waals surface area (Å²) in [4.78, 5) is 14.4. The molecule has 0 aliphatic heterocycles. The van der Waals surface area contributed by atoms with Crippen LogP contribution < -0.4 is 27.0 Å². The summed E-state index contributed by atoms with van der Waals surface area (Å²) in [6.45, 7) is 1.57. The Morgan fingerprint density at radius 1 is 0.867 bits per heavy atom. The number of nitrogen functional groups attached to an aromatic ring is 2. The molecule has 3 aromatic rings. The number of hydrogen-bond donors (Lipinski definition) is 4. The van der Waals surface area contributed by atoms with Crippen molar-refractivity contribution in [1.29, 1.82) is 0 Å². The van der Waals surface area contributed by atoms with Gasteiger partial charge in [0, 0.05) is 38.6 Å². The summed E-state index contributed by atoms with van der Waals surface area (Å²) in [7, 11) is 3.78. The largest absolute Gasteiger partial charge is 0.399 e. The van der Waals surface area contributed by atoms with Crippen LogP contribution in [0, 0.1) is 0 Å². The predicted molar refractivity (Wildman–Crippen MR) is 122 cm³/mol. The maximum Gasteiger partial charge on any atom is 0.229 e. The van der Waals surface area contributed by atoms with Crippen LogP contribution in [0.15, 0.2) is 58.8 Å². The predicted octanol–water partition coefficient (Wildman–Crippen LogP) is 3.43. The van der Waals surface area contributed by atoms with E-state index in [0.717, 1.165) is 30.0 Å². The SMILES string of the molecule is CNc1nc(N)nc(NCCCN(C)c2ccc(N=Nc3ccc(N)cc3)cc2)n1. The Hall–Kier alpha value is -3.95. The minimum Gasteiger partial charge on any atom is -0.399 e. The molecule has 0 saturated carbocycles. The third kappa shape index (κ3) is 6.03. The highest BCUT2D eigenvalue weighted by Gasteiger charge is 2.04. The number of anilines is 5. The molecule has 1 heterocycles. The topological polar surface area (TPSA) is 143 Å². The van der Waals surface area contributed by atoms with E-state index in [1.54, 1.807) is 19.2 Å². The molecule has 0 bridgehead atoms. The van der Waals surface area contributed by atoms with Crippen molar-refractivity contribution < 1.29 is 0 Å². The van der Waals surface area contributed by atoms with Gasteiger partial charge in [-0.1, -0.05) is 0 Å². The molecule has 10 heteroatoms. The van der Waals surface area contributed by atoms with Crippen LogP contribution in [0.5, 0.6) is 0 Å². The van der Waals surface area contributed by atoms with Gasteiger partial charge in [-0.05, 0) is 55.0 Å². The normalized spacial score (nSPS) is 10.9. The fourth-order valence-electron chi connectivity index (χ4n) is 2.66. The van der Waals surface area contributed by atoms with E-state index in [1.807, 2.05) is 43.4 Å². The fraction of sp³-hybridized carbons (Fsp3) is 0.250. The van der Waals surface area contributed by atoms with Gasteiger partial charge in [0.25, 0.3) is 0 Å². The first-order chi connectivity index (χ1) is 14.5. The molecule has 30 heavy (non-hydrogen) atoms. The smallest absolute Gasteiger partial charge is 0.229 e. The van der Waals surface area contributed by atoms with Crippen LogP contribution in [0.1, 0.15) is 6.42 Å². The third-order valence-electron chi connectivity index (χ3n) is 4.29. The van der Waals surface area contributed by atoms with Crippen LogP contribution in [-0.4, -0.2) is 42.1 Å². The van der Waals surface area contributed by atoms with Crippen molar-refractivity contribution in [1.82, 2.24) is 15.0 Å². The quantitative estimate of drug-likeness (QED) is 0.240. The van der Waals surface area contributed by atoms with Gasteiger partial charge in [0.2, 0.25) is 17.8 Å². The highest BCUT2D eigenvalue weighted by Crippen LogP contribution is 2.22. The molecule has 0 spiro atoms. The first kappa shape index (κ1) is 20.8. The molecule has 1 aromatic heterocycles. The molecule has 0 radical (unpaired) electrons. The Bertz CT molecular complexity index is 970. The van der Waals surface area contributed by atoms with Gasteiger partial charge in [-0.2, -0.15) is 25.2 Å². The van der Waals surface area contributed by atoms with E-state index in [1.165, 1.54) is 0 Å². The number of rotatable bonds is 9. The number of nitrogens with one attached hydrogen (secondary N) is 2. The summed E-state index contributed by atoms with van der Waals surface area (Å²) in [6.07, 6.45) is 0.898. The lowest BCUT2D eigenvalue weighted by Crippen LogP contribution is -2.21. The average molecular weight is 406 g/mol. The molecular weight excluding hydrogens is 380 g/mol. The Morgan fingerprint density at radius 3 is 2.10 bits per heavy atom. The van der Waals surface area contributed by atoms with Crippen LogP contribution in [0.4, 0.5) is 40.6 Å². The zero-order valence-corrected chi connectivity index (χ0v) is 17.1. The first-order valence-corrected chi connectivity index (χ1v) is 9.55. The maximum absolute atomic E-state index is 5.67. The Morgan fingerprint density at radius 2 is 1.47 bits per heavy atom. The van der Waals surface area contributed by atoms with Gasteiger partial charge >= 0.3 is 0 Å². The molecule has 0 atom stereocenters. The van der Waals surface area contributed by atoms with E-state index in [9.17, 15) is 0 Å². The molecule has 0 amide bonds. The van der Waals surface area contributed by atoms with Crippen molar-refractivity contribution in [2.45, 2.75) is 6.42 Å². The van der Waals surface area contributed by atoms with Gasteiger partial charge in [-0.3, -0.25) is 0 Å². The second-order valence-corrected chi connectivity index (χ2v) is 6.60. The van der Waals surface area contributed by atoms with Crippen molar-refractivity contribution in [3.63, 3.8) is 0 Å². The van der Waals surface area contributed by atoms with Gasteiger partial charge in [0.05, 0.1) is 11.4 Å². The van der Waals surface area contributed by atoms with E-state index < -0.39 is 0 Å². The van der Waals surface area contributed by atoms with E-state index in [0.29, 0.717) is 24.1 Å². The minimum absolute atomic E-state index is 0.183. The molecule has 10 nitrogen and oxygen atoms in total. The van der Waals surface area contributed by atoms with Gasteiger partial charge in [0.1, 0.15) is 0 Å². The van der Waals surface area contributed by atoms with Gasteiger partial charge < -0.3 is 27.0 Å². The van der Waals surface area contributed by atoms with Crippen molar-refractivity contribution in [3.8, 4) is 0 Å². The summed E-state index contributed by atoms with van der Waals surface area (Å²) in [5.41, 5.74) is 14.7. The number of nitrogens with two attached hydrogens (primary N) is 2. The number of hydrogen-bond acceptors (Lipinski definition) is 10. The van der Waals surface area contributed by atoms with E-state index >= 15 is 0 Å². The molecule has 0 aliphatic carbocycles. The standard InChI is InChI=1S/C20H26N10/c1-23-19-25-18(22)26-20(27-19)24-12-3-13-30(2)17-10-8-16(9-11-17)29-28-15-6-4-14(21)5-7-15/h4-11H,3,12-13,21H2,1-2H3,(H4,22,23,24,25,26,27). The van der Waals surface area contributed by atoms with Crippen LogP contribution in [-0.2, 0) is 0 Å². The van der Waals surface area contributed by atoms with Crippen molar-refractivity contribution in [2.75, 3.05) is 54.2 Å². The lowest BCUT2D eigenvalue weighted by atomic mass is 10.2. The third-order valence-corrected chi connectivity index (χ3v) is 4.29.